The van der Waals surface area contributed by atoms with E-state index in [0.717, 1.165) is 48.4 Å². The van der Waals surface area contributed by atoms with Gasteiger partial charge in [-0.3, -0.25) is 4.79 Å². The fourth-order valence-electron chi connectivity index (χ4n) is 3.91. The lowest BCUT2D eigenvalue weighted by molar-refractivity contribution is -0.119. The molecule has 2 aromatic carbocycles. The maximum absolute atomic E-state index is 11.5. The van der Waals surface area contributed by atoms with Crippen molar-refractivity contribution in [1.82, 2.24) is 4.90 Å². The molecule has 4 nitrogen and oxygen atoms in total. The zero-order chi connectivity index (χ0) is 19.8. The standard InChI is InChI=1S/C24H32N2O2/c1-2-23(24(25)27)21-9-7-19(8-10-21)20-11-13-22(14-12-20)28-18-6-17-26-15-4-3-5-16-26/h7-14,23H,2-6,15-18H2,1H3,(H2,25,27). The first-order chi connectivity index (χ1) is 13.7. The van der Waals surface area contributed by atoms with Crippen molar-refractivity contribution in [2.24, 2.45) is 5.73 Å². The van der Waals surface area contributed by atoms with Gasteiger partial charge in [0.15, 0.2) is 0 Å². The second-order valence-corrected chi connectivity index (χ2v) is 7.61. The average Bonchev–Trinajstić information content (AvgIpc) is 2.73. The Morgan fingerprint density at radius 3 is 2.18 bits per heavy atom. The Kier molecular flexibility index (Phi) is 7.49. The molecule has 3 rings (SSSR count). The number of nitrogens with zero attached hydrogens (tertiary/aromatic N) is 1. The predicted octanol–water partition coefficient (Wildman–Crippen LogP) is 4.59. The fourth-order valence-corrected chi connectivity index (χ4v) is 3.91. The summed E-state index contributed by atoms with van der Waals surface area (Å²) < 4.78 is 5.90. The van der Waals surface area contributed by atoms with Gasteiger partial charge in [0.25, 0.3) is 0 Å². The summed E-state index contributed by atoms with van der Waals surface area (Å²) in [4.78, 5) is 14.1. The smallest absolute Gasteiger partial charge is 0.224 e. The molecule has 0 aliphatic carbocycles. The molecule has 1 saturated heterocycles. The monoisotopic (exact) mass is 380 g/mol. The summed E-state index contributed by atoms with van der Waals surface area (Å²) >= 11 is 0. The molecule has 0 aromatic heterocycles. The lowest BCUT2D eigenvalue weighted by atomic mass is 9.94. The SMILES string of the molecule is CCC(C(N)=O)c1ccc(-c2ccc(OCCCN3CCCCC3)cc2)cc1. The normalized spacial score (nSPS) is 15.9. The number of ether oxygens (including phenoxy) is 1. The van der Waals surface area contributed by atoms with E-state index in [1.807, 2.05) is 31.2 Å². The Morgan fingerprint density at radius 1 is 1.00 bits per heavy atom. The number of nitrogens with two attached hydrogens (primary N) is 1. The van der Waals surface area contributed by atoms with Crippen LogP contribution in [0, 0.1) is 0 Å². The summed E-state index contributed by atoms with van der Waals surface area (Å²) in [5.74, 6) is 0.436. The number of piperidine rings is 1. The number of carbonyl (C=O) groups excluding carboxylic acids is 1. The highest BCUT2D eigenvalue weighted by atomic mass is 16.5. The molecule has 150 valence electrons. The van der Waals surface area contributed by atoms with E-state index >= 15 is 0 Å². The molecular weight excluding hydrogens is 348 g/mol. The molecule has 2 aromatic rings. The van der Waals surface area contributed by atoms with Crippen molar-refractivity contribution >= 4 is 5.91 Å². The van der Waals surface area contributed by atoms with Crippen LogP contribution in [0.3, 0.4) is 0 Å². The Labute approximate surface area is 168 Å². The van der Waals surface area contributed by atoms with E-state index in [2.05, 4.69) is 29.2 Å². The minimum atomic E-state index is -0.267. The van der Waals surface area contributed by atoms with Crippen molar-refractivity contribution in [3.63, 3.8) is 0 Å². The van der Waals surface area contributed by atoms with Gasteiger partial charge >= 0.3 is 0 Å². The summed E-state index contributed by atoms with van der Waals surface area (Å²) in [5.41, 5.74) is 8.72. The van der Waals surface area contributed by atoms with Crippen LogP contribution in [0.25, 0.3) is 11.1 Å². The van der Waals surface area contributed by atoms with Crippen LogP contribution in [-0.2, 0) is 4.79 Å². The van der Waals surface area contributed by atoms with E-state index in [1.165, 1.54) is 32.4 Å². The van der Waals surface area contributed by atoms with Gasteiger partial charge in [0.05, 0.1) is 12.5 Å². The lowest BCUT2D eigenvalue weighted by Crippen LogP contribution is -2.31. The molecule has 1 amide bonds. The van der Waals surface area contributed by atoms with Crippen molar-refractivity contribution in [3.8, 4) is 16.9 Å². The van der Waals surface area contributed by atoms with Gasteiger partial charge in [0.1, 0.15) is 5.75 Å². The third-order valence-electron chi connectivity index (χ3n) is 5.59. The van der Waals surface area contributed by atoms with Gasteiger partial charge < -0.3 is 15.4 Å². The maximum Gasteiger partial charge on any atom is 0.224 e. The number of rotatable bonds is 9. The first-order valence-corrected chi connectivity index (χ1v) is 10.5. The van der Waals surface area contributed by atoms with Crippen molar-refractivity contribution in [2.75, 3.05) is 26.2 Å². The molecule has 1 heterocycles. The molecule has 4 heteroatoms. The van der Waals surface area contributed by atoms with Crippen LogP contribution in [-0.4, -0.2) is 37.0 Å². The van der Waals surface area contributed by atoms with Crippen molar-refractivity contribution in [2.45, 2.75) is 44.9 Å². The molecule has 0 bridgehead atoms. The molecule has 0 spiro atoms. The third kappa shape index (κ3) is 5.59. The molecule has 2 N–H and O–H groups in total. The molecule has 1 atom stereocenters. The van der Waals surface area contributed by atoms with Gasteiger partial charge in [-0.1, -0.05) is 49.7 Å². The van der Waals surface area contributed by atoms with Crippen LogP contribution in [0.2, 0.25) is 0 Å². The molecule has 1 unspecified atom stereocenters. The van der Waals surface area contributed by atoms with E-state index in [4.69, 9.17) is 10.5 Å². The topological polar surface area (TPSA) is 55.6 Å². The first kappa shape index (κ1) is 20.4. The number of benzene rings is 2. The molecule has 1 fully saturated rings. The maximum atomic E-state index is 11.5. The number of primary amides is 1. The molecule has 1 aliphatic heterocycles. The third-order valence-corrected chi connectivity index (χ3v) is 5.59. The number of amides is 1. The quantitative estimate of drug-likeness (QED) is 0.648. The molecule has 28 heavy (non-hydrogen) atoms. The summed E-state index contributed by atoms with van der Waals surface area (Å²) in [6.45, 7) is 6.36. The van der Waals surface area contributed by atoms with E-state index < -0.39 is 0 Å². The highest BCUT2D eigenvalue weighted by Gasteiger charge is 2.15. The summed E-state index contributed by atoms with van der Waals surface area (Å²) in [6, 6.07) is 16.3. The largest absolute Gasteiger partial charge is 0.494 e. The molecule has 0 saturated carbocycles. The van der Waals surface area contributed by atoms with Crippen molar-refractivity contribution < 1.29 is 9.53 Å². The van der Waals surface area contributed by atoms with Crippen LogP contribution < -0.4 is 10.5 Å². The average molecular weight is 381 g/mol. The van der Waals surface area contributed by atoms with Crippen LogP contribution in [0.15, 0.2) is 48.5 Å². The second kappa shape index (κ2) is 10.3. The second-order valence-electron chi connectivity index (χ2n) is 7.61. The summed E-state index contributed by atoms with van der Waals surface area (Å²) in [6.07, 6.45) is 5.85. The number of likely N-dealkylation sites (tertiary alicyclic amines) is 1. The fraction of sp³-hybridized carbons (Fsp3) is 0.458. The highest BCUT2D eigenvalue weighted by molar-refractivity contribution is 5.82. The zero-order valence-corrected chi connectivity index (χ0v) is 16.9. The van der Waals surface area contributed by atoms with Gasteiger partial charge in [0, 0.05) is 6.54 Å². The van der Waals surface area contributed by atoms with Crippen LogP contribution in [0.4, 0.5) is 0 Å². The van der Waals surface area contributed by atoms with Gasteiger partial charge in [-0.15, -0.1) is 0 Å². The zero-order valence-electron chi connectivity index (χ0n) is 16.9. The summed E-state index contributed by atoms with van der Waals surface area (Å²) in [5, 5.41) is 0. The van der Waals surface area contributed by atoms with Crippen LogP contribution in [0.1, 0.15) is 50.5 Å². The highest BCUT2D eigenvalue weighted by Crippen LogP contribution is 2.26. The number of hydrogen-bond acceptors (Lipinski definition) is 3. The molecular formula is C24H32N2O2. The van der Waals surface area contributed by atoms with Gasteiger partial charge in [-0.25, -0.2) is 0 Å². The molecule has 0 radical (unpaired) electrons. The van der Waals surface area contributed by atoms with Crippen molar-refractivity contribution in [1.29, 1.82) is 0 Å². The Hall–Kier alpha value is -2.33. The van der Waals surface area contributed by atoms with E-state index in [1.54, 1.807) is 0 Å². The minimum absolute atomic E-state index is 0.213. The number of hydrogen-bond donors (Lipinski definition) is 1. The van der Waals surface area contributed by atoms with Crippen molar-refractivity contribution in [3.05, 3.63) is 54.1 Å². The first-order valence-electron chi connectivity index (χ1n) is 10.5. The van der Waals surface area contributed by atoms with E-state index in [9.17, 15) is 4.79 Å². The Bertz CT molecular complexity index is 734. The van der Waals surface area contributed by atoms with E-state index in [0.29, 0.717) is 0 Å². The minimum Gasteiger partial charge on any atom is -0.494 e. The number of carbonyl (C=O) groups is 1. The summed E-state index contributed by atoms with van der Waals surface area (Å²) in [7, 11) is 0. The van der Waals surface area contributed by atoms with Gasteiger partial charge in [0.2, 0.25) is 5.91 Å². The Balaban J connectivity index is 1.50. The lowest BCUT2D eigenvalue weighted by Gasteiger charge is -2.26. The Morgan fingerprint density at radius 2 is 1.61 bits per heavy atom. The van der Waals surface area contributed by atoms with Crippen LogP contribution in [0.5, 0.6) is 5.75 Å². The van der Waals surface area contributed by atoms with Gasteiger partial charge in [-0.2, -0.15) is 0 Å². The van der Waals surface area contributed by atoms with Crippen LogP contribution >= 0.6 is 0 Å². The van der Waals surface area contributed by atoms with E-state index in [-0.39, 0.29) is 11.8 Å². The predicted molar refractivity (Wildman–Crippen MR) is 115 cm³/mol. The molecule has 1 aliphatic rings. The van der Waals surface area contributed by atoms with Gasteiger partial charge in [-0.05, 0) is 67.6 Å².